The molecule has 5 heteroatoms. The van der Waals surface area contributed by atoms with Crippen molar-refractivity contribution >= 4 is 11.7 Å². The van der Waals surface area contributed by atoms with Gasteiger partial charge in [-0.3, -0.25) is 9.69 Å². The zero-order valence-electron chi connectivity index (χ0n) is 10.4. The van der Waals surface area contributed by atoms with Crippen molar-refractivity contribution in [1.29, 1.82) is 0 Å². The Balaban J connectivity index is 2.55. The SMILES string of the molecule is CCCNc1cc(CN(C)CC(N)=O)ccn1. The van der Waals surface area contributed by atoms with Crippen LogP contribution in [0.5, 0.6) is 0 Å². The van der Waals surface area contributed by atoms with Crippen LogP contribution in [-0.4, -0.2) is 35.9 Å². The number of likely N-dealkylation sites (N-methyl/N-ethyl adjacent to an activating group) is 1. The van der Waals surface area contributed by atoms with Crippen LogP contribution in [0.25, 0.3) is 0 Å². The molecule has 0 aliphatic heterocycles. The van der Waals surface area contributed by atoms with Gasteiger partial charge < -0.3 is 11.1 Å². The van der Waals surface area contributed by atoms with Crippen LogP contribution >= 0.6 is 0 Å². The van der Waals surface area contributed by atoms with Crippen LogP contribution in [-0.2, 0) is 11.3 Å². The third-order valence-electron chi connectivity index (χ3n) is 2.26. The minimum absolute atomic E-state index is 0.264. The van der Waals surface area contributed by atoms with E-state index in [9.17, 15) is 4.79 Å². The zero-order valence-corrected chi connectivity index (χ0v) is 10.4. The van der Waals surface area contributed by atoms with E-state index in [4.69, 9.17) is 5.73 Å². The Morgan fingerprint density at radius 2 is 2.35 bits per heavy atom. The van der Waals surface area contributed by atoms with Gasteiger partial charge in [-0.1, -0.05) is 6.92 Å². The van der Waals surface area contributed by atoms with Crippen molar-refractivity contribution in [2.45, 2.75) is 19.9 Å². The van der Waals surface area contributed by atoms with Crippen molar-refractivity contribution in [1.82, 2.24) is 9.88 Å². The Kier molecular flexibility index (Phi) is 5.42. The number of anilines is 1. The number of hydrogen-bond acceptors (Lipinski definition) is 4. The summed E-state index contributed by atoms with van der Waals surface area (Å²) in [5, 5.41) is 3.23. The average molecular weight is 236 g/mol. The Morgan fingerprint density at radius 1 is 1.59 bits per heavy atom. The number of aromatic nitrogens is 1. The lowest BCUT2D eigenvalue weighted by molar-refractivity contribution is -0.118. The number of nitrogens with two attached hydrogens (primary N) is 1. The van der Waals surface area contributed by atoms with Crippen LogP contribution in [0.2, 0.25) is 0 Å². The summed E-state index contributed by atoms with van der Waals surface area (Å²) in [5.41, 5.74) is 6.25. The first-order valence-electron chi connectivity index (χ1n) is 5.77. The highest BCUT2D eigenvalue weighted by Gasteiger charge is 2.04. The molecule has 1 heterocycles. The number of rotatable bonds is 7. The van der Waals surface area contributed by atoms with Crippen molar-refractivity contribution in [3.05, 3.63) is 23.9 Å². The lowest BCUT2D eigenvalue weighted by atomic mass is 10.2. The van der Waals surface area contributed by atoms with Gasteiger partial charge in [-0.25, -0.2) is 4.98 Å². The van der Waals surface area contributed by atoms with Gasteiger partial charge in [-0.05, 0) is 31.2 Å². The fourth-order valence-electron chi connectivity index (χ4n) is 1.56. The first-order valence-corrected chi connectivity index (χ1v) is 5.77. The molecule has 0 bridgehead atoms. The second-order valence-corrected chi connectivity index (χ2v) is 4.11. The predicted octanol–water partition coefficient (Wildman–Crippen LogP) is 0.821. The molecule has 94 valence electrons. The molecule has 0 saturated carbocycles. The third kappa shape index (κ3) is 5.31. The monoisotopic (exact) mass is 236 g/mol. The van der Waals surface area contributed by atoms with E-state index in [1.807, 2.05) is 24.1 Å². The van der Waals surface area contributed by atoms with E-state index >= 15 is 0 Å². The fourth-order valence-corrected chi connectivity index (χ4v) is 1.56. The van der Waals surface area contributed by atoms with Gasteiger partial charge in [0.1, 0.15) is 5.82 Å². The number of nitrogens with zero attached hydrogens (tertiary/aromatic N) is 2. The molecule has 1 aromatic heterocycles. The molecule has 5 nitrogen and oxygen atoms in total. The minimum Gasteiger partial charge on any atom is -0.370 e. The first-order chi connectivity index (χ1) is 8.11. The molecule has 3 N–H and O–H groups in total. The summed E-state index contributed by atoms with van der Waals surface area (Å²) in [5.74, 6) is 0.558. The number of nitrogens with one attached hydrogen (secondary N) is 1. The third-order valence-corrected chi connectivity index (χ3v) is 2.26. The van der Waals surface area contributed by atoms with E-state index in [0.717, 1.165) is 24.3 Å². The molecular weight excluding hydrogens is 216 g/mol. The fraction of sp³-hybridized carbons (Fsp3) is 0.500. The molecule has 0 atom stereocenters. The number of primary amides is 1. The maximum absolute atomic E-state index is 10.8. The number of amides is 1. The van der Waals surface area contributed by atoms with Gasteiger partial charge in [0.2, 0.25) is 5.91 Å². The van der Waals surface area contributed by atoms with Gasteiger partial charge in [-0.2, -0.15) is 0 Å². The van der Waals surface area contributed by atoms with E-state index in [1.54, 1.807) is 6.20 Å². The van der Waals surface area contributed by atoms with Gasteiger partial charge in [0.25, 0.3) is 0 Å². The van der Waals surface area contributed by atoms with Crippen LogP contribution < -0.4 is 11.1 Å². The highest BCUT2D eigenvalue weighted by Crippen LogP contribution is 2.08. The molecule has 1 amide bonds. The second kappa shape index (κ2) is 6.85. The van der Waals surface area contributed by atoms with Crippen molar-refractivity contribution in [3.63, 3.8) is 0 Å². The van der Waals surface area contributed by atoms with E-state index in [2.05, 4.69) is 17.2 Å². The van der Waals surface area contributed by atoms with Crippen LogP contribution in [0.1, 0.15) is 18.9 Å². The maximum Gasteiger partial charge on any atom is 0.231 e. The van der Waals surface area contributed by atoms with Crippen molar-refractivity contribution in [2.24, 2.45) is 5.73 Å². The molecule has 0 fully saturated rings. The van der Waals surface area contributed by atoms with E-state index < -0.39 is 0 Å². The summed E-state index contributed by atoms with van der Waals surface area (Å²) in [6.45, 7) is 3.97. The Morgan fingerprint density at radius 3 is 3.00 bits per heavy atom. The second-order valence-electron chi connectivity index (χ2n) is 4.11. The number of pyridine rings is 1. The molecule has 0 aromatic carbocycles. The molecule has 0 saturated heterocycles. The largest absolute Gasteiger partial charge is 0.370 e. The van der Waals surface area contributed by atoms with Gasteiger partial charge in [-0.15, -0.1) is 0 Å². The summed E-state index contributed by atoms with van der Waals surface area (Å²) in [7, 11) is 1.87. The summed E-state index contributed by atoms with van der Waals surface area (Å²) in [6.07, 6.45) is 2.83. The average Bonchev–Trinajstić information content (AvgIpc) is 2.25. The van der Waals surface area contributed by atoms with Crippen LogP contribution in [0.3, 0.4) is 0 Å². The lowest BCUT2D eigenvalue weighted by Crippen LogP contribution is -2.30. The summed E-state index contributed by atoms with van der Waals surface area (Å²) < 4.78 is 0. The lowest BCUT2D eigenvalue weighted by Gasteiger charge is -2.15. The van der Waals surface area contributed by atoms with Gasteiger partial charge in [0.05, 0.1) is 6.54 Å². The Labute approximate surface area is 102 Å². The first kappa shape index (κ1) is 13.4. The normalized spacial score (nSPS) is 10.5. The molecule has 0 radical (unpaired) electrons. The highest BCUT2D eigenvalue weighted by molar-refractivity contribution is 5.75. The Bertz CT molecular complexity index is 367. The van der Waals surface area contributed by atoms with Crippen molar-refractivity contribution in [3.8, 4) is 0 Å². The predicted molar refractivity (Wildman–Crippen MR) is 68.5 cm³/mol. The topological polar surface area (TPSA) is 71.2 Å². The van der Waals surface area contributed by atoms with E-state index in [0.29, 0.717) is 6.54 Å². The standard InChI is InChI=1S/C12H20N4O/c1-3-5-14-12-7-10(4-6-15-12)8-16(2)9-11(13)17/h4,6-7H,3,5,8-9H2,1-2H3,(H2,13,17)(H,14,15). The van der Waals surface area contributed by atoms with Crippen LogP contribution in [0, 0.1) is 0 Å². The van der Waals surface area contributed by atoms with Crippen molar-refractivity contribution < 1.29 is 4.79 Å². The van der Waals surface area contributed by atoms with E-state index in [1.165, 1.54) is 0 Å². The molecular formula is C12H20N4O. The molecule has 17 heavy (non-hydrogen) atoms. The molecule has 0 aliphatic carbocycles. The summed E-state index contributed by atoms with van der Waals surface area (Å²) in [6, 6.07) is 3.93. The van der Waals surface area contributed by atoms with E-state index in [-0.39, 0.29) is 12.5 Å². The highest BCUT2D eigenvalue weighted by atomic mass is 16.1. The number of carbonyl (C=O) groups is 1. The van der Waals surface area contributed by atoms with Gasteiger partial charge >= 0.3 is 0 Å². The Hall–Kier alpha value is -1.62. The number of carbonyl (C=O) groups excluding carboxylic acids is 1. The quantitative estimate of drug-likeness (QED) is 0.735. The van der Waals surface area contributed by atoms with Crippen LogP contribution in [0.4, 0.5) is 5.82 Å². The zero-order chi connectivity index (χ0) is 12.7. The molecule has 1 aromatic rings. The minimum atomic E-state index is -0.314. The summed E-state index contributed by atoms with van der Waals surface area (Å²) >= 11 is 0. The maximum atomic E-state index is 10.8. The number of hydrogen-bond donors (Lipinski definition) is 2. The summed E-state index contributed by atoms with van der Waals surface area (Å²) in [4.78, 5) is 16.9. The van der Waals surface area contributed by atoms with Crippen molar-refractivity contribution in [2.75, 3.05) is 25.5 Å². The van der Waals surface area contributed by atoms with Gasteiger partial charge in [0, 0.05) is 19.3 Å². The molecule has 1 rings (SSSR count). The molecule has 0 aliphatic rings. The van der Waals surface area contributed by atoms with Crippen LogP contribution in [0.15, 0.2) is 18.3 Å². The smallest absolute Gasteiger partial charge is 0.231 e. The van der Waals surface area contributed by atoms with Gasteiger partial charge in [0.15, 0.2) is 0 Å². The molecule has 0 unspecified atom stereocenters. The molecule has 0 spiro atoms.